The van der Waals surface area contributed by atoms with Crippen molar-refractivity contribution in [1.82, 2.24) is 0 Å². The Morgan fingerprint density at radius 2 is 1.55 bits per heavy atom. The lowest BCUT2D eigenvalue weighted by molar-refractivity contribution is -0.111. The summed E-state index contributed by atoms with van der Waals surface area (Å²) in [5, 5.41) is 2.89. The number of carbonyl (C=O) groups is 1. The molecule has 0 saturated heterocycles. The molecule has 3 rings (SSSR count). The Hall–Kier alpha value is -3.33. The van der Waals surface area contributed by atoms with Gasteiger partial charge in [-0.05, 0) is 52.4 Å². The van der Waals surface area contributed by atoms with Crippen molar-refractivity contribution in [2.75, 3.05) is 5.32 Å². The zero-order chi connectivity index (χ0) is 20.7. The van der Waals surface area contributed by atoms with Gasteiger partial charge in [0.25, 0.3) is 0 Å². The fourth-order valence-electron chi connectivity index (χ4n) is 2.83. The van der Waals surface area contributed by atoms with Crippen LogP contribution in [0.5, 0.6) is 5.75 Å². The zero-order valence-corrected chi connectivity index (χ0v) is 17.2. The third kappa shape index (κ3) is 6.35. The smallest absolute Gasteiger partial charge is 0.248 e. The monoisotopic (exact) mass is 385 g/mol. The van der Waals surface area contributed by atoms with Gasteiger partial charge in [0.2, 0.25) is 5.91 Å². The fraction of sp³-hybridized carbons (Fsp3) is 0.192. The van der Waals surface area contributed by atoms with Crippen LogP contribution in [0.3, 0.4) is 0 Å². The highest BCUT2D eigenvalue weighted by molar-refractivity contribution is 6.01. The molecule has 0 aromatic heterocycles. The van der Waals surface area contributed by atoms with Crippen LogP contribution in [0.2, 0.25) is 0 Å². The number of hydrogen-bond donors (Lipinski definition) is 1. The van der Waals surface area contributed by atoms with Crippen LogP contribution in [0.1, 0.15) is 37.5 Å². The van der Waals surface area contributed by atoms with E-state index in [1.807, 2.05) is 78.9 Å². The third-order valence-corrected chi connectivity index (χ3v) is 4.57. The molecule has 3 nitrogen and oxygen atoms in total. The molecule has 0 aliphatic carbocycles. The van der Waals surface area contributed by atoms with Crippen LogP contribution < -0.4 is 10.1 Å². The molecule has 1 amide bonds. The summed E-state index contributed by atoms with van der Waals surface area (Å²) >= 11 is 0. The Kier molecular flexibility index (Phi) is 6.50. The van der Waals surface area contributed by atoms with Crippen LogP contribution in [0.15, 0.2) is 84.9 Å². The van der Waals surface area contributed by atoms with Crippen LogP contribution >= 0.6 is 0 Å². The second kappa shape index (κ2) is 9.24. The van der Waals surface area contributed by atoms with Crippen LogP contribution in [-0.4, -0.2) is 5.91 Å². The predicted octanol–water partition coefficient (Wildman–Crippen LogP) is 6.22. The standard InChI is InChI=1S/C26H27NO2/c1-26(2,3)22-12-14-23(15-13-22)27-25(28)18-11-20-9-16-24(17-10-20)29-19-21-7-5-4-6-8-21/h4-18H,19H2,1-3H3,(H,27,28)/b18-11+. The number of rotatable bonds is 6. The minimum absolute atomic E-state index is 0.0966. The maximum absolute atomic E-state index is 12.2. The molecule has 3 aromatic rings. The van der Waals surface area contributed by atoms with Crippen molar-refractivity contribution in [3.8, 4) is 5.75 Å². The van der Waals surface area contributed by atoms with Gasteiger partial charge in [0.1, 0.15) is 12.4 Å². The number of amides is 1. The minimum atomic E-state index is -0.155. The van der Waals surface area contributed by atoms with Gasteiger partial charge in [-0.1, -0.05) is 75.4 Å². The summed E-state index contributed by atoms with van der Waals surface area (Å²) in [6, 6.07) is 25.7. The van der Waals surface area contributed by atoms with Gasteiger partial charge in [-0.2, -0.15) is 0 Å². The summed E-state index contributed by atoms with van der Waals surface area (Å²) in [4.78, 5) is 12.2. The molecule has 0 bridgehead atoms. The van der Waals surface area contributed by atoms with E-state index in [-0.39, 0.29) is 11.3 Å². The Morgan fingerprint density at radius 1 is 0.897 bits per heavy atom. The van der Waals surface area contributed by atoms with Crippen molar-refractivity contribution < 1.29 is 9.53 Å². The molecule has 0 aliphatic heterocycles. The Bertz CT molecular complexity index is 950. The first kappa shape index (κ1) is 20.4. The van der Waals surface area contributed by atoms with Gasteiger partial charge in [-0.25, -0.2) is 0 Å². The van der Waals surface area contributed by atoms with Gasteiger partial charge in [-0.15, -0.1) is 0 Å². The summed E-state index contributed by atoms with van der Waals surface area (Å²) in [6.45, 7) is 7.04. The normalized spacial score (nSPS) is 11.4. The van der Waals surface area contributed by atoms with Gasteiger partial charge in [-0.3, -0.25) is 4.79 Å². The third-order valence-electron chi connectivity index (χ3n) is 4.57. The van der Waals surface area contributed by atoms with Crippen LogP contribution in [0, 0.1) is 0 Å². The van der Waals surface area contributed by atoms with E-state index in [0.29, 0.717) is 6.61 Å². The first-order valence-electron chi connectivity index (χ1n) is 9.76. The number of hydrogen-bond acceptors (Lipinski definition) is 2. The Morgan fingerprint density at radius 3 is 2.17 bits per heavy atom. The highest BCUT2D eigenvalue weighted by Crippen LogP contribution is 2.23. The molecule has 0 saturated carbocycles. The van der Waals surface area contributed by atoms with Crippen molar-refractivity contribution in [3.05, 3.63) is 102 Å². The van der Waals surface area contributed by atoms with E-state index in [0.717, 1.165) is 22.6 Å². The van der Waals surface area contributed by atoms with Crippen molar-refractivity contribution in [2.24, 2.45) is 0 Å². The lowest BCUT2D eigenvalue weighted by Gasteiger charge is -2.19. The molecule has 29 heavy (non-hydrogen) atoms. The molecule has 0 radical (unpaired) electrons. The topological polar surface area (TPSA) is 38.3 Å². The largest absolute Gasteiger partial charge is 0.489 e. The highest BCUT2D eigenvalue weighted by Gasteiger charge is 2.12. The molecule has 0 spiro atoms. The average molecular weight is 386 g/mol. The lowest BCUT2D eigenvalue weighted by atomic mass is 9.87. The molecule has 0 unspecified atom stereocenters. The van der Waals surface area contributed by atoms with Crippen molar-refractivity contribution >= 4 is 17.7 Å². The summed E-state index contributed by atoms with van der Waals surface area (Å²) < 4.78 is 5.78. The van der Waals surface area contributed by atoms with E-state index in [4.69, 9.17) is 4.74 Å². The minimum Gasteiger partial charge on any atom is -0.489 e. The molecule has 148 valence electrons. The van der Waals surface area contributed by atoms with Crippen LogP contribution in [0.25, 0.3) is 6.08 Å². The molecule has 0 fully saturated rings. The van der Waals surface area contributed by atoms with Gasteiger partial charge in [0, 0.05) is 11.8 Å². The quantitative estimate of drug-likeness (QED) is 0.512. The van der Waals surface area contributed by atoms with E-state index >= 15 is 0 Å². The van der Waals surface area contributed by atoms with Crippen molar-refractivity contribution in [1.29, 1.82) is 0 Å². The fourth-order valence-corrected chi connectivity index (χ4v) is 2.83. The Balaban J connectivity index is 1.52. The summed E-state index contributed by atoms with van der Waals surface area (Å²) in [6.07, 6.45) is 3.33. The van der Waals surface area contributed by atoms with E-state index < -0.39 is 0 Å². The number of ether oxygens (including phenoxy) is 1. The van der Waals surface area contributed by atoms with Crippen molar-refractivity contribution in [2.45, 2.75) is 32.8 Å². The SMILES string of the molecule is CC(C)(C)c1ccc(NC(=O)/C=C/c2ccc(OCc3ccccc3)cc2)cc1. The lowest BCUT2D eigenvalue weighted by Crippen LogP contribution is -2.12. The maximum atomic E-state index is 12.2. The summed E-state index contributed by atoms with van der Waals surface area (Å²) in [5.74, 6) is 0.646. The molecule has 0 heterocycles. The number of carbonyl (C=O) groups excluding carboxylic acids is 1. The van der Waals surface area contributed by atoms with Gasteiger partial charge < -0.3 is 10.1 Å². The second-order valence-corrected chi connectivity index (χ2v) is 7.99. The van der Waals surface area contributed by atoms with Crippen molar-refractivity contribution in [3.63, 3.8) is 0 Å². The second-order valence-electron chi connectivity index (χ2n) is 7.99. The van der Waals surface area contributed by atoms with Gasteiger partial charge in [0.15, 0.2) is 0 Å². The molecule has 3 aromatic carbocycles. The Labute approximate surface area is 173 Å². The summed E-state index contributed by atoms with van der Waals surface area (Å²) in [5.41, 5.74) is 4.19. The molecule has 0 atom stereocenters. The first-order chi connectivity index (χ1) is 13.9. The number of nitrogens with one attached hydrogen (secondary N) is 1. The zero-order valence-electron chi connectivity index (χ0n) is 17.2. The molecular weight excluding hydrogens is 358 g/mol. The maximum Gasteiger partial charge on any atom is 0.248 e. The van der Waals surface area contributed by atoms with E-state index in [9.17, 15) is 4.79 Å². The molecule has 0 aliphatic rings. The number of benzene rings is 3. The highest BCUT2D eigenvalue weighted by atomic mass is 16.5. The van der Waals surface area contributed by atoms with E-state index in [2.05, 4.69) is 26.1 Å². The summed E-state index contributed by atoms with van der Waals surface area (Å²) in [7, 11) is 0. The number of anilines is 1. The molecular formula is C26H27NO2. The van der Waals surface area contributed by atoms with E-state index in [1.165, 1.54) is 11.6 Å². The van der Waals surface area contributed by atoms with Gasteiger partial charge in [0.05, 0.1) is 0 Å². The average Bonchev–Trinajstić information content (AvgIpc) is 2.72. The van der Waals surface area contributed by atoms with Crippen LogP contribution in [-0.2, 0) is 16.8 Å². The van der Waals surface area contributed by atoms with Gasteiger partial charge >= 0.3 is 0 Å². The molecule has 3 heteroatoms. The molecule has 1 N–H and O–H groups in total. The predicted molar refractivity (Wildman–Crippen MR) is 120 cm³/mol. The van der Waals surface area contributed by atoms with E-state index in [1.54, 1.807) is 6.08 Å². The first-order valence-corrected chi connectivity index (χ1v) is 9.76. The van der Waals surface area contributed by atoms with Crippen LogP contribution in [0.4, 0.5) is 5.69 Å².